The molecule has 84 valence electrons. The van der Waals surface area contributed by atoms with Crippen molar-refractivity contribution >= 4 is 15.9 Å². The van der Waals surface area contributed by atoms with Gasteiger partial charge in [-0.25, -0.2) is 0 Å². The Bertz CT molecular complexity index is 325. The van der Waals surface area contributed by atoms with Gasteiger partial charge in [0.1, 0.15) is 5.75 Å². The smallest absolute Gasteiger partial charge is 0.119 e. The van der Waals surface area contributed by atoms with E-state index in [9.17, 15) is 0 Å². The lowest BCUT2D eigenvalue weighted by atomic mass is 9.98. The number of halogens is 1. The topological polar surface area (TPSA) is 35.2 Å². The highest BCUT2D eigenvalue weighted by Gasteiger charge is 2.12. The summed E-state index contributed by atoms with van der Waals surface area (Å²) < 4.78 is 6.24. The standard InChI is InChI=1S/C12H18BrNO/c1-8(2)6-12(14)10-7-9(15-3)4-5-11(10)13/h4-5,7-8,12H,6,14H2,1-3H3/t12-/m0/s1. The number of nitrogens with two attached hydrogens (primary N) is 1. The summed E-state index contributed by atoms with van der Waals surface area (Å²) in [5, 5.41) is 0. The Labute approximate surface area is 99.9 Å². The lowest BCUT2D eigenvalue weighted by Crippen LogP contribution is -2.13. The minimum atomic E-state index is 0.0643. The molecule has 0 unspecified atom stereocenters. The summed E-state index contributed by atoms with van der Waals surface area (Å²) in [7, 11) is 1.67. The summed E-state index contributed by atoms with van der Waals surface area (Å²) in [6.45, 7) is 4.35. The summed E-state index contributed by atoms with van der Waals surface area (Å²) in [5.41, 5.74) is 7.25. The zero-order valence-corrected chi connectivity index (χ0v) is 11.0. The molecule has 0 aliphatic heterocycles. The molecule has 0 aliphatic carbocycles. The minimum Gasteiger partial charge on any atom is -0.497 e. The third-order valence-electron chi connectivity index (χ3n) is 2.33. The summed E-state index contributed by atoms with van der Waals surface area (Å²) in [4.78, 5) is 0. The van der Waals surface area contributed by atoms with Crippen molar-refractivity contribution in [3.63, 3.8) is 0 Å². The molecule has 2 N–H and O–H groups in total. The van der Waals surface area contributed by atoms with E-state index in [-0.39, 0.29) is 6.04 Å². The Morgan fingerprint density at radius 1 is 1.40 bits per heavy atom. The molecule has 0 radical (unpaired) electrons. The number of benzene rings is 1. The molecule has 0 fully saturated rings. The fourth-order valence-electron chi connectivity index (χ4n) is 1.57. The maximum atomic E-state index is 6.13. The van der Waals surface area contributed by atoms with Gasteiger partial charge in [-0.2, -0.15) is 0 Å². The van der Waals surface area contributed by atoms with E-state index < -0.39 is 0 Å². The molecule has 1 aromatic rings. The first-order valence-corrected chi connectivity index (χ1v) is 5.93. The van der Waals surface area contributed by atoms with E-state index >= 15 is 0 Å². The lowest BCUT2D eigenvalue weighted by molar-refractivity contribution is 0.412. The van der Waals surface area contributed by atoms with E-state index in [1.54, 1.807) is 7.11 Å². The molecule has 0 bridgehead atoms. The van der Waals surface area contributed by atoms with Crippen LogP contribution < -0.4 is 10.5 Å². The number of rotatable bonds is 4. The molecule has 1 atom stereocenters. The van der Waals surface area contributed by atoms with Gasteiger partial charge in [-0.3, -0.25) is 0 Å². The highest BCUT2D eigenvalue weighted by atomic mass is 79.9. The van der Waals surface area contributed by atoms with E-state index in [4.69, 9.17) is 10.5 Å². The third kappa shape index (κ3) is 3.50. The van der Waals surface area contributed by atoms with Gasteiger partial charge < -0.3 is 10.5 Å². The van der Waals surface area contributed by atoms with E-state index in [1.165, 1.54) is 0 Å². The zero-order valence-electron chi connectivity index (χ0n) is 9.46. The van der Waals surface area contributed by atoms with Gasteiger partial charge >= 0.3 is 0 Å². The molecule has 1 aromatic carbocycles. The van der Waals surface area contributed by atoms with E-state index in [1.807, 2.05) is 18.2 Å². The van der Waals surface area contributed by atoms with Crippen molar-refractivity contribution in [3.8, 4) is 5.75 Å². The second kappa shape index (κ2) is 5.52. The molecule has 0 spiro atoms. The zero-order chi connectivity index (χ0) is 11.4. The second-order valence-electron chi connectivity index (χ2n) is 4.12. The molecule has 3 heteroatoms. The van der Waals surface area contributed by atoms with Crippen LogP contribution in [-0.4, -0.2) is 7.11 Å². The Balaban J connectivity index is 2.91. The second-order valence-corrected chi connectivity index (χ2v) is 4.98. The summed E-state index contributed by atoms with van der Waals surface area (Å²) in [5.74, 6) is 1.45. The van der Waals surface area contributed by atoms with Gasteiger partial charge in [-0.15, -0.1) is 0 Å². The number of hydrogen-bond acceptors (Lipinski definition) is 2. The first kappa shape index (κ1) is 12.5. The molecule has 0 aliphatic rings. The molecule has 0 amide bonds. The van der Waals surface area contributed by atoms with Crippen molar-refractivity contribution in [3.05, 3.63) is 28.2 Å². The van der Waals surface area contributed by atoms with Crippen molar-refractivity contribution in [2.75, 3.05) is 7.11 Å². The van der Waals surface area contributed by atoms with Crippen LogP contribution in [0.1, 0.15) is 31.9 Å². The first-order chi connectivity index (χ1) is 7.04. The lowest BCUT2D eigenvalue weighted by Gasteiger charge is -2.16. The Kier molecular flexibility index (Phi) is 4.61. The van der Waals surface area contributed by atoms with Gasteiger partial charge in [0, 0.05) is 10.5 Å². The summed E-state index contributed by atoms with van der Waals surface area (Å²) in [6, 6.07) is 5.97. The fraction of sp³-hybridized carbons (Fsp3) is 0.500. The van der Waals surface area contributed by atoms with Crippen molar-refractivity contribution in [2.24, 2.45) is 11.7 Å². The maximum absolute atomic E-state index is 6.13. The molecule has 0 saturated carbocycles. The van der Waals surface area contributed by atoms with Crippen molar-refractivity contribution in [1.82, 2.24) is 0 Å². The number of hydrogen-bond donors (Lipinski definition) is 1. The van der Waals surface area contributed by atoms with Crippen molar-refractivity contribution in [2.45, 2.75) is 26.3 Å². The third-order valence-corrected chi connectivity index (χ3v) is 3.05. The van der Waals surface area contributed by atoms with Gasteiger partial charge in [0.15, 0.2) is 0 Å². The van der Waals surface area contributed by atoms with Crippen LogP contribution in [0.15, 0.2) is 22.7 Å². The SMILES string of the molecule is COc1ccc(Br)c([C@@H](N)CC(C)C)c1. The van der Waals surface area contributed by atoms with Gasteiger partial charge in [0.25, 0.3) is 0 Å². The van der Waals surface area contributed by atoms with Crippen LogP contribution in [0.4, 0.5) is 0 Å². The van der Waals surface area contributed by atoms with Crippen LogP contribution in [0.25, 0.3) is 0 Å². The van der Waals surface area contributed by atoms with E-state index in [2.05, 4.69) is 29.8 Å². The fourth-order valence-corrected chi connectivity index (χ4v) is 2.11. The Hall–Kier alpha value is -0.540. The van der Waals surface area contributed by atoms with E-state index in [0.717, 1.165) is 22.2 Å². The van der Waals surface area contributed by atoms with Gasteiger partial charge in [0.05, 0.1) is 7.11 Å². The average Bonchev–Trinajstić information content (AvgIpc) is 2.17. The predicted octanol–water partition coefficient (Wildman–Crippen LogP) is 3.50. The monoisotopic (exact) mass is 271 g/mol. The summed E-state index contributed by atoms with van der Waals surface area (Å²) in [6.07, 6.45) is 0.978. The molecule has 15 heavy (non-hydrogen) atoms. The van der Waals surface area contributed by atoms with Gasteiger partial charge in [0.2, 0.25) is 0 Å². The highest BCUT2D eigenvalue weighted by Crippen LogP contribution is 2.29. The Morgan fingerprint density at radius 3 is 2.60 bits per heavy atom. The van der Waals surface area contributed by atoms with Crippen LogP contribution in [0, 0.1) is 5.92 Å². The number of methoxy groups -OCH3 is 1. The van der Waals surface area contributed by atoms with Crippen molar-refractivity contribution in [1.29, 1.82) is 0 Å². The minimum absolute atomic E-state index is 0.0643. The van der Waals surface area contributed by atoms with Crippen LogP contribution >= 0.6 is 15.9 Å². The van der Waals surface area contributed by atoms with Crippen molar-refractivity contribution < 1.29 is 4.74 Å². The first-order valence-electron chi connectivity index (χ1n) is 5.13. The molecule has 0 saturated heterocycles. The molecule has 1 rings (SSSR count). The largest absolute Gasteiger partial charge is 0.497 e. The highest BCUT2D eigenvalue weighted by molar-refractivity contribution is 9.10. The Morgan fingerprint density at radius 2 is 2.07 bits per heavy atom. The molecule has 0 heterocycles. The van der Waals surface area contributed by atoms with Crippen LogP contribution in [0.3, 0.4) is 0 Å². The molecular formula is C12H18BrNO. The summed E-state index contributed by atoms with van der Waals surface area (Å²) >= 11 is 3.51. The normalized spacial score (nSPS) is 12.9. The average molecular weight is 272 g/mol. The molecule has 2 nitrogen and oxygen atoms in total. The quantitative estimate of drug-likeness (QED) is 0.910. The molecular weight excluding hydrogens is 254 g/mol. The number of ether oxygens (including phenoxy) is 1. The van der Waals surface area contributed by atoms with Crippen LogP contribution in [0.5, 0.6) is 5.75 Å². The predicted molar refractivity (Wildman–Crippen MR) is 67.1 cm³/mol. The maximum Gasteiger partial charge on any atom is 0.119 e. The van der Waals surface area contributed by atoms with Gasteiger partial charge in [-0.1, -0.05) is 29.8 Å². The van der Waals surface area contributed by atoms with Crippen LogP contribution in [0.2, 0.25) is 0 Å². The van der Waals surface area contributed by atoms with E-state index in [0.29, 0.717) is 5.92 Å². The van der Waals surface area contributed by atoms with Gasteiger partial charge in [-0.05, 0) is 36.1 Å². The van der Waals surface area contributed by atoms with Crippen LogP contribution in [-0.2, 0) is 0 Å². The molecule has 0 aromatic heterocycles.